The molecule has 2 heterocycles. The van der Waals surface area contributed by atoms with E-state index in [-0.39, 0.29) is 16.8 Å². The van der Waals surface area contributed by atoms with Crippen LogP contribution in [0.25, 0.3) is 0 Å². The molecule has 0 spiro atoms. The third-order valence-corrected chi connectivity index (χ3v) is 10.4. The highest BCUT2D eigenvalue weighted by Crippen LogP contribution is 2.51. The molecule has 2 aromatic carbocycles. The van der Waals surface area contributed by atoms with Crippen LogP contribution in [0.15, 0.2) is 97.1 Å². The van der Waals surface area contributed by atoms with Crippen LogP contribution in [0.1, 0.15) is 24.3 Å². The number of carbonyl (C=O) groups is 3. The Balaban J connectivity index is 1.54. The van der Waals surface area contributed by atoms with Gasteiger partial charge >= 0.3 is 0 Å². The van der Waals surface area contributed by atoms with Gasteiger partial charge in [-0.3, -0.25) is 14.5 Å². The molecule has 47 heavy (non-hydrogen) atoms. The number of carbonyl (C=O) groups excluding carboxylic acids is 3. The third-order valence-electron chi connectivity index (χ3n) is 7.33. The van der Waals surface area contributed by atoms with Gasteiger partial charge in [-0.1, -0.05) is 78.2 Å². The lowest BCUT2D eigenvalue weighted by molar-refractivity contribution is -0.305. The molecule has 2 aliphatic heterocycles. The number of ether oxygens (including phenoxy) is 2. The molecule has 0 aromatic heterocycles. The smallest absolute Gasteiger partial charge is 0.275 e. The molecule has 5 rings (SSSR count). The second-order valence-electron chi connectivity index (χ2n) is 10.7. The number of nitrogens with zero attached hydrogens (tertiary/aromatic N) is 3. The fraction of sp³-hybridized carbons (Fsp3) is 0.250. The van der Waals surface area contributed by atoms with Crippen molar-refractivity contribution in [1.82, 2.24) is 4.90 Å². The van der Waals surface area contributed by atoms with Gasteiger partial charge < -0.3 is 28.8 Å². The number of methoxy groups -OCH3 is 2. The van der Waals surface area contributed by atoms with Crippen molar-refractivity contribution in [3.8, 4) is 11.5 Å². The largest absolute Gasteiger partial charge is 0.548 e. The maximum atomic E-state index is 12.8. The summed E-state index contributed by atoms with van der Waals surface area (Å²) in [7, 11) is -0.606. The molecule has 2 unspecified atom stereocenters. The third kappa shape index (κ3) is 8.34. The van der Waals surface area contributed by atoms with Crippen molar-refractivity contribution in [2.45, 2.75) is 23.7 Å². The topological polar surface area (TPSA) is 149 Å². The van der Waals surface area contributed by atoms with Crippen molar-refractivity contribution in [2.24, 2.45) is 4.36 Å². The molecule has 0 radical (unpaired) electrons. The van der Waals surface area contributed by atoms with Gasteiger partial charge in [0.2, 0.25) is 0 Å². The van der Waals surface area contributed by atoms with Crippen molar-refractivity contribution in [3.63, 3.8) is 0 Å². The minimum Gasteiger partial charge on any atom is -0.548 e. The zero-order chi connectivity index (χ0) is 33.9. The van der Waals surface area contributed by atoms with Crippen LogP contribution >= 0.6 is 35.7 Å². The molecule has 2 aromatic rings. The monoisotopic (exact) mass is 712 g/mol. The van der Waals surface area contributed by atoms with Gasteiger partial charge in [-0.2, -0.15) is 0 Å². The molecule has 11 nitrogen and oxygen atoms in total. The Labute approximate surface area is 286 Å². The molecular weight excluding hydrogens is 683 g/mol. The first-order valence-corrected chi connectivity index (χ1v) is 18.1. The van der Waals surface area contributed by atoms with E-state index >= 15 is 0 Å². The van der Waals surface area contributed by atoms with Gasteiger partial charge in [0.15, 0.2) is 21.5 Å². The van der Waals surface area contributed by atoms with E-state index in [0.717, 1.165) is 44.5 Å². The van der Waals surface area contributed by atoms with Crippen molar-refractivity contribution < 1.29 is 37.7 Å². The first-order chi connectivity index (χ1) is 22.3. The lowest BCUT2D eigenvalue weighted by Crippen LogP contribution is -2.40. The predicted octanol–water partition coefficient (Wildman–Crippen LogP) is 4.48. The Morgan fingerprint density at radius 3 is 2.45 bits per heavy atom. The molecule has 1 aliphatic carbocycles. The number of aliphatic carboxylic acids is 1. The molecule has 2 amide bonds. The summed E-state index contributed by atoms with van der Waals surface area (Å²) in [6, 6.07) is 13.6. The Kier molecular flexibility index (Phi) is 10.6. The van der Waals surface area contributed by atoms with Gasteiger partial charge in [0.05, 0.1) is 42.4 Å². The van der Waals surface area contributed by atoms with Crippen LogP contribution in [0.2, 0.25) is 0 Å². The fourth-order valence-corrected chi connectivity index (χ4v) is 8.13. The molecule has 1 N–H and O–H groups in total. The number of thioether (sulfide) groups is 2. The Morgan fingerprint density at radius 2 is 1.79 bits per heavy atom. The second-order valence-corrected chi connectivity index (χ2v) is 15.2. The van der Waals surface area contributed by atoms with E-state index in [0.29, 0.717) is 40.0 Å². The van der Waals surface area contributed by atoms with Gasteiger partial charge in [0, 0.05) is 23.3 Å². The van der Waals surface area contributed by atoms with E-state index < -0.39 is 34.3 Å². The van der Waals surface area contributed by atoms with Crippen LogP contribution in [0.5, 0.6) is 11.5 Å². The Bertz CT molecular complexity index is 1890. The average molecular weight is 713 g/mol. The summed E-state index contributed by atoms with van der Waals surface area (Å²) in [5, 5.41) is 11.8. The average Bonchev–Trinajstić information content (AvgIpc) is 3.48. The molecule has 1 saturated heterocycles. The minimum atomic E-state index is -3.65. The van der Waals surface area contributed by atoms with Gasteiger partial charge in [0.25, 0.3) is 11.8 Å². The first kappa shape index (κ1) is 34.4. The lowest BCUT2D eigenvalue weighted by Gasteiger charge is -2.25. The number of rotatable bonds is 9. The molecule has 15 heteroatoms. The number of hydrogen-bond donors (Lipinski definition) is 1. The molecule has 2 atom stereocenters. The zero-order valence-electron chi connectivity index (χ0n) is 25.5. The van der Waals surface area contributed by atoms with E-state index in [2.05, 4.69) is 16.5 Å². The summed E-state index contributed by atoms with van der Waals surface area (Å²) in [6.07, 6.45) is 9.82. The number of anilines is 1. The highest BCUT2D eigenvalue weighted by Gasteiger charge is 2.32. The first-order valence-electron chi connectivity index (χ1n) is 14.2. The van der Waals surface area contributed by atoms with Crippen molar-refractivity contribution >= 4 is 73.5 Å². The summed E-state index contributed by atoms with van der Waals surface area (Å²) in [4.78, 5) is 40.6. The number of allylic oxidation sites excluding steroid dienone is 6. The maximum absolute atomic E-state index is 12.8. The van der Waals surface area contributed by atoms with Crippen molar-refractivity contribution in [3.05, 3.63) is 93.4 Å². The zero-order valence-corrected chi connectivity index (χ0v) is 28.8. The number of benzene rings is 2. The van der Waals surface area contributed by atoms with Gasteiger partial charge in [-0.15, -0.1) is 4.36 Å². The summed E-state index contributed by atoms with van der Waals surface area (Å²) in [6.45, 7) is -0.886. The summed E-state index contributed by atoms with van der Waals surface area (Å²) < 4.78 is 36.2. The summed E-state index contributed by atoms with van der Waals surface area (Å²) in [5.41, 5.74) is 3.66. The minimum absolute atomic E-state index is 0.0958. The fourth-order valence-electron chi connectivity index (χ4n) is 5.35. The number of carboxylic acids is 1. The van der Waals surface area contributed by atoms with Gasteiger partial charge in [-0.25, -0.2) is 4.21 Å². The SMILES string of the molecule is COc1cc2c(cc1OC)N(CC(=O)N=S(C)(=O)O)/C(=C/C1=CC(=C/C=C3SC(=S)N(CC(=O)[O-])C3=O)/CC(c3ccccc3)C1)S2. The van der Waals surface area contributed by atoms with E-state index in [1.165, 1.54) is 26.0 Å². The molecule has 246 valence electrons. The number of carboxylic acid groups (broad SMARTS) is 1. The lowest BCUT2D eigenvalue weighted by atomic mass is 9.81. The standard InChI is InChI=1S/C32H31N3O8S4/c1-42-24-15-23-27(16-25(24)43-2)45-29(34(23)17-28(36)33-47(3,40)41)14-20-11-19(12-22(13-20)21-7-5-4-6-8-21)9-10-26-31(39)35(18-30(37)38)32(44)46-26/h4-11,14-16,22H,12-13,17-18H2,1-3H3,(H,37,38)(H,33,36,40,41)/p-1/b19-9-,26-10?,29-14-. The highest BCUT2D eigenvalue weighted by molar-refractivity contribution is 8.26. The molecular formula is C32H30N3O8S4-. The van der Waals surface area contributed by atoms with Crippen LogP contribution in [-0.4, -0.2) is 69.3 Å². The van der Waals surface area contributed by atoms with Crippen LogP contribution < -0.4 is 19.5 Å². The normalized spacial score (nSPS) is 21.6. The van der Waals surface area contributed by atoms with Crippen LogP contribution in [-0.2, 0) is 24.4 Å². The Hall–Kier alpha value is -3.89. The highest BCUT2D eigenvalue weighted by atomic mass is 32.2. The molecule has 0 saturated carbocycles. The van der Waals surface area contributed by atoms with E-state index in [9.17, 15) is 28.3 Å². The summed E-state index contributed by atoms with van der Waals surface area (Å²) >= 11 is 7.66. The van der Waals surface area contributed by atoms with Crippen LogP contribution in [0, 0.1) is 0 Å². The van der Waals surface area contributed by atoms with Gasteiger partial charge in [0.1, 0.15) is 10.9 Å². The molecule has 1 fully saturated rings. The van der Waals surface area contributed by atoms with Gasteiger partial charge in [-0.05, 0) is 47.6 Å². The second kappa shape index (κ2) is 14.5. The van der Waals surface area contributed by atoms with Crippen molar-refractivity contribution in [2.75, 3.05) is 38.5 Å². The number of thiocarbonyl (C=S) groups is 1. The quantitative estimate of drug-likeness (QED) is 0.289. The molecule has 0 bridgehead atoms. The predicted molar refractivity (Wildman–Crippen MR) is 185 cm³/mol. The van der Waals surface area contributed by atoms with Crippen LogP contribution in [0.3, 0.4) is 0 Å². The van der Waals surface area contributed by atoms with E-state index in [1.54, 1.807) is 17.0 Å². The molecule has 3 aliphatic rings. The van der Waals surface area contributed by atoms with E-state index in [4.69, 9.17) is 21.7 Å². The number of hydrogen-bond acceptors (Lipinski definition) is 11. The number of fused-ring (bicyclic) bond motifs is 1. The van der Waals surface area contributed by atoms with Crippen molar-refractivity contribution in [1.29, 1.82) is 0 Å². The van der Waals surface area contributed by atoms with Crippen LogP contribution in [0.4, 0.5) is 5.69 Å². The summed E-state index contributed by atoms with van der Waals surface area (Å²) in [5.74, 6) is -1.57. The number of amides is 2. The van der Waals surface area contributed by atoms with E-state index in [1.807, 2.05) is 42.5 Å². The Morgan fingerprint density at radius 1 is 1.09 bits per heavy atom. The maximum Gasteiger partial charge on any atom is 0.275 e.